The van der Waals surface area contributed by atoms with Gasteiger partial charge in [-0.3, -0.25) is 5.32 Å². The Balaban J connectivity index is 0.00000288. The molecule has 1 aromatic heterocycles. The van der Waals surface area contributed by atoms with Crippen LogP contribution in [0.15, 0.2) is 29.2 Å². The van der Waals surface area contributed by atoms with Crippen LogP contribution in [0.4, 0.5) is 10.7 Å². The molecule has 2 N–H and O–H groups in total. The van der Waals surface area contributed by atoms with Gasteiger partial charge < -0.3 is 4.74 Å². The molecular formula is C12H12IN5NaO4S. The maximum atomic E-state index is 12.2. The predicted molar refractivity (Wildman–Crippen MR) is 95.4 cm³/mol. The molecule has 2 aromatic rings. The zero-order valence-corrected chi connectivity index (χ0v) is 18.0. The fourth-order valence-corrected chi connectivity index (χ4v) is 3.82. The van der Waals surface area contributed by atoms with Crippen molar-refractivity contribution in [2.24, 2.45) is 0 Å². The van der Waals surface area contributed by atoms with Crippen molar-refractivity contribution in [3.63, 3.8) is 0 Å². The third-order valence-electron chi connectivity index (χ3n) is 2.49. The first-order valence-electron chi connectivity index (χ1n) is 6.17. The van der Waals surface area contributed by atoms with Gasteiger partial charge in [-0.1, -0.05) is 12.1 Å². The summed E-state index contributed by atoms with van der Waals surface area (Å²) in [5.41, 5.74) is 0. The quantitative estimate of drug-likeness (QED) is 0.501. The van der Waals surface area contributed by atoms with Gasteiger partial charge in [0.1, 0.15) is 10.7 Å². The van der Waals surface area contributed by atoms with Crippen LogP contribution < -0.4 is 14.8 Å². The van der Waals surface area contributed by atoms with E-state index in [1.54, 1.807) is 25.1 Å². The van der Waals surface area contributed by atoms with Crippen LogP contribution in [0.25, 0.3) is 0 Å². The molecule has 0 aliphatic carbocycles. The molecule has 0 saturated heterocycles. The topological polar surface area (TPSA) is 123 Å². The van der Waals surface area contributed by atoms with Gasteiger partial charge in [0, 0.05) is 33.1 Å². The van der Waals surface area contributed by atoms with Crippen molar-refractivity contribution in [1.29, 1.82) is 0 Å². The van der Waals surface area contributed by atoms with Gasteiger partial charge in [-0.05, 0) is 41.6 Å². The number of nitrogens with one attached hydrogen (secondary N) is 2. The van der Waals surface area contributed by atoms with E-state index < -0.39 is 16.1 Å². The van der Waals surface area contributed by atoms with Gasteiger partial charge >= 0.3 is 12.0 Å². The number of amides is 2. The molecular weight excluding hydrogens is 460 g/mol. The van der Waals surface area contributed by atoms with Crippen molar-refractivity contribution in [1.82, 2.24) is 19.7 Å². The van der Waals surface area contributed by atoms with E-state index in [1.165, 1.54) is 13.2 Å². The van der Waals surface area contributed by atoms with Gasteiger partial charge in [0.05, 0.1) is 7.11 Å². The average molecular weight is 472 g/mol. The Labute approximate surface area is 174 Å². The van der Waals surface area contributed by atoms with Gasteiger partial charge in [-0.25, -0.2) is 17.9 Å². The summed E-state index contributed by atoms with van der Waals surface area (Å²) in [6, 6.07) is 5.29. The van der Waals surface area contributed by atoms with E-state index in [2.05, 4.69) is 20.3 Å². The summed E-state index contributed by atoms with van der Waals surface area (Å²) < 4.78 is 31.6. The molecule has 2 amide bonds. The maximum Gasteiger partial charge on any atom is 0.335 e. The van der Waals surface area contributed by atoms with Crippen LogP contribution in [0.5, 0.6) is 6.01 Å². The Morgan fingerprint density at radius 1 is 1.21 bits per heavy atom. The fraction of sp³-hybridized carbons (Fsp3) is 0.167. The van der Waals surface area contributed by atoms with Crippen molar-refractivity contribution in [2.45, 2.75) is 11.8 Å². The van der Waals surface area contributed by atoms with Crippen molar-refractivity contribution in [3.05, 3.63) is 33.7 Å². The first-order valence-corrected chi connectivity index (χ1v) is 8.73. The monoisotopic (exact) mass is 472 g/mol. The van der Waals surface area contributed by atoms with E-state index in [0.717, 1.165) is 0 Å². The Morgan fingerprint density at radius 2 is 1.88 bits per heavy atom. The van der Waals surface area contributed by atoms with Gasteiger partial charge in [0.2, 0.25) is 5.95 Å². The third-order valence-corrected chi connectivity index (χ3v) is 5.18. The third kappa shape index (κ3) is 5.51. The number of hydrogen-bond donors (Lipinski definition) is 2. The Hall–Kier alpha value is -1.02. The molecule has 1 aromatic carbocycles. The molecule has 0 fully saturated rings. The second-order valence-electron chi connectivity index (χ2n) is 4.18. The normalized spacial score (nSPS) is 10.5. The van der Waals surface area contributed by atoms with Crippen molar-refractivity contribution >= 4 is 74.2 Å². The molecule has 1 radical (unpaired) electrons. The number of methoxy groups -OCH3 is 1. The number of aromatic nitrogens is 3. The minimum atomic E-state index is -4.01. The molecule has 0 spiro atoms. The second-order valence-corrected chi connectivity index (χ2v) is 7.00. The van der Waals surface area contributed by atoms with Crippen LogP contribution in [-0.2, 0) is 10.0 Å². The zero-order valence-electron chi connectivity index (χ0n) is 13.1. The molecule has 123 valence electrons. The Bertz CT molecular complexity index is 849. The van der Waals surface area contributed by atoms with E-state index in [9.17, 15) is 13.2 Å². The molecule has 0 saturated carbocycles. The van der Waals surface area contributed by atoms with E-state index >= 15 is 0 Å². The number of ether oxygens (including phenoxy) is 1. The largest absolute Gasteiger partial charge is 0.467 e. The smallest absolute Gasteiger partial charge is 0.335 e. The molecule has 1 heterocycles. The standard InChI is InChI=1S/C12H12IN5O4S.Na/c1-7-14-10(17-12(15-7)22-2)16-11(19)18-23(20,21)9-6-4-3-5-8(9)13;/h3-6H,1-2H3,(H2,14,15,16,17,18,19);. The molecule has 0 atom stereocenters. The number of hydrogen-bond acceptors (Lipinski definition) is 7. The number of aryl methyl sites for hydroxylation is 1. The van der Waals surface area contributed by atoms with Gasteiger partial charge in [0.25, 0.3) is 10.0 Å². The number of halogens is 1. The first kappa shape index (κ1) is 21.0. The summed E-state index contributed by atoms with van der Waals surface area (Å²) in [5.74, 6) is 0.192. The van der Waals surface area contributed by atoms with Crippen molar-refractivity contribution in [3.8, 4) is 6.01 Å². The van der Waals surface area contributed by atoms with Crippen LogP contribution in [-0.4, -0.2) is 66.1 Å². The number of carbonyl (C=O) groups is 1. The molecule has 9 nitrogen and oxygen atoms in total. The number of urea groups is 1. The van der Waals surface area contributed by atoms with Crippen LogP contribution in [0.3, 0.4) is 0 Å². The van der Waals surface area contributed by atoms with Gasteiger partial charge in [-0.2, -0.15) is 15.0 Å². The molecule has 0 unspecified atom stereocenters. The van der Waals surface area contributed by atoms with Crippen LogP contribution in [0.1, 0.15) is 5.82 Å². The zero-order chi connectivity index (χ0) is 17.0. The Morgan fingerprint density at radius 3 is 2.50 bits per heavy atom. The average Bonchev–Trinajstić information content (AvgIpc) is 2.46. The first-order chi connectivity index (χ1) is 10.8. The second kappa shape index (κ2) is 8.89. The molecule has 24 heavy (non-hydrogen) atoms. The molecule has 12 heteroatoms. The van der Waals surface area contributed by atoms with Crippen LogP contribution in [0.2, 0.25) is 0 Å². The van der Waals surface area contributed by atoms with Crippen molar-refractivity contribution in [2.75, 3.05) is 12.4 Å². The SMILES string of the molecule is COc1nc(C)nc(NC(=O)NS(=O)(=O)c2ccccc2I)n1.[Na]. The number of sulfonamides is 1. The van der Waals surface area contributed by atoms with Gasteiger partial charge in [-0.15, -0.1) is 0 Å². The summed E-state index contributed by atoms with van der Waals surface area (Å²) in [6.45, 7) is 1.58. The van der Waals surface area contributed by atoms with Crippen molar-refractivity contribution < 1.29 is 17.9 Å². The number of anilines is 1. The molecule has 0 aliphatic rings. The van der Waals surface area contributed by atoms with E-state index in [1.807, 2.05) is 27.3 Å². The Kier molecular flexibility index (Phi) is 7.79. The molecule has 0 bridgehead atoms. The predicted octanol–water partition coefficient (Wildman–Crippen LogP) is 0.923. The van der Waals surface area contributed by atoms with Crippen LogP contribution in [0, 0.1) is 10.5 Å². The number of benzene rings is 1. The van der Waals surface area contributed by atoms with E-state index in [4.69, 9.17) is 4.74 Å². The summed E-state index contributed by atoms with van der Waals surface area (Å²) in [5, 5.41) is 2.23. The minimum Gasteiger partial charge on any atom is -0.467 e. The number of nitrogens with zero attached hydrogens (tertiary/aromatic N) is 3. The fourth-order valence-electron chi connectivity index (χ4n) is 1.57. The number of rotatable bonds is 4. The minimum absolute atomic E-state index is 0. The van der Waals surface area contributed by atoms with E-state index in [-0.39, 0.29) is 46.4 Å². The van der Waals surface area contributed by atoms with E-state index in [0.29, 0.717) is 9.39 Å². The maximum absolute atomic E-state index is 12.2. The molecule has 2 rings (SSSR count). The molecule has 0 aliphatic heterocycles. The summed E-state index contributed by atoms with van der Waals surface area (Å²) in [4.78, 5) is 23.4. The summed E-state index contributed by atoms with van der Waals surface area (Å²) in [7, 11) is -2.65. The number of carbonyl (C=O) groups excluding carboxylic acids is 1. The summed E-state index contributed by atoms with van der Waals surface area (Å²) >= 11 is 1.87. The summed E-state index contributed by atoms with van der Waals surface area (Å²) in [6.07, 6.45) is 0. The van der Waals surface area contributed by atoms with Crippen LogP contribution >= 0.6 is 22.6 Å². The van der Waals surface area contributed by atoms with Gasteiger partial charge in [0.15, 0.2) is 0 Å².